The van der Waals surface area contributed by atoms with Gasteiger partial charge in [-0.2, -0.15) is 0 Å². The van der Waals surface area contributed by atoms with Crippen LogP contribution in [0.5, 0.6) is 0 Å². The van der Waals surface area contributed by atoms with Crippen molar-refractivity contribution in [1.29, 1.82) is 0 Å². The van der Waals surface area contributed by atoms with Crippen molar-refractivity contribution < 1.29 is 9.32 Å². The van der Waals surface area contributed by atoms with Crippen molar-refractivity contribution in [3.63, 3.8) is 0 Å². The summed E-state index contributed by atoms with van der Waals surface area (Å²) < 4.78 is 11.3. The molecule has 0 aromatic heterocycles. The Morgan fingerprint density at radius 2 is 2.07 bits per heavy atom. The lowest BCUT2D eigenvalue weighted by Gasteiger charge is -2.03. The average molecular weight is 253 g/mol. The van der Waals surface area contributed by atoms with Crippen LogP contribution in [0.4, 0.5) is 0 Å². The summed E-state index contributed by atoms with van der Waals surface area (Å²) in [5.41, 5.74) is 0.794. The van der Waals surface area contributed by atoms with Crippen LogP contribution >= 0.6 is 23.2 Å². The molecular formula is C9H10Cl2O2S. The molecule has 1 unspecified atom stereocenters. The summed E-state index contributed by atoms with van der Waals surface area (Å²) in [4.78, 5) is 0. The molecule has 0 saturated heterocycles. The van der Waals surface area contributed by atoms with E-state index in [1.54, 1.807) is 18.2 Å². The van der Waals surface area contributed by atoms with Gasteiger partial charge in [0.15, 0.2) is 0 Å². The molecule has 0 saturated carbocycles. The number of hydrogen-bond donors (Lipinski definition) is 1. The van der Waals surface area contributed by atoms with Crippen LogP contribution in [0.15, 0.2) is 18.2 Å². The molecule has 5 heteroatoms. The fourth-order valence-electron chi connectivity index (χ4n) is 0.986. The summed E-state index contributed by atoms with van der Waals surface area (Å²) in [5, 5.41) is 9.66. The van der Waals surface area contributed by atoms with Crippen LogP contribution in [-0.4, -0.2) is 21.7 Å². The highest BCUT2D eigenvalue weighted by molar-refractivity contribution is 7.84. The molecule has 1 aromatic rings. The maximum absolute atomic E-state index is 11.3. The van der Waals surface area contributed by atoms with Crippen molar-refractivity contribution in [2.24, 2.45) is 0 Å². The van der Waals surface area contributed by atoms with Gasteiger partial charge in [-0.25, -0.2) is 0 Å². The number of benzene rings is 1. The van der Waals surface area contributed by atoms with E-state index in [1.807, 2.05) is 0 Å². The monoisotopic (exact) mass is 252 g/mol. The second-order valence-electron chi connectivity index (χ2n) is 2.75. The normalized spacial score (nSPS) is 12.8. The number of aliphatic hydroxyl groups is 1. The minimum atomic E-state index is -1.07. The summed E-state index contributed by atoms with van der Waals surface area (Å²) in [5.74, 6) is 0.634. The van der Waals surface area contributed by atoms with Crippen LogP contribution < -0.4 is 0 Å². The standard InChI is InChI=1S/C9H10Cl2O2S/c10-8-2-1-7(9(11)5-8)6-14(13)4-3-12/h1-2,5,12H,3-4,6H2. The molecule has 0 amide bonds. The van der Waals surface area contributed by atoms with Crippen LogP contribution in [0.3, 0.4) is 0 Å². The maximum Gasteiger partial charge on any atom is 0.0546 e. The second-order valence-corrected chi connectivity index (χ2v) is 5.17. The molecule has 78 valence electrons. The first-order valence-electron chi connectivity index (χ1n) is 4.03. The third-order valence-electron chi connectivity index (χ3n) is 1.65. The highest BCUT2D eigenvalue weighted by atomic mass is 35.5. The van der Waals surface area contributed by atoms with Gasteiger partial charge in [0.05, 0.1) is 12.4 Å². The molecule has 0 aliphatic carbocycles. The first kappa shape index (κ1) is 12.0. The van der Waals surface area contributed by atoms with Gasteiger partial charge in [0.25, 0.3) is 0 Å². The molecular weight excluding hydrogens is 243 g/mol. The predicted molar refractivity (Wildman–Crippen MR) is 60.3 cm³/mol. The zero-order chi connectivity index (χ0) is 10.6. The minimum Gasteiger partial charge on any atom is -0.395 e. The molecule has 0 aliphatic rings. The smallest absolute Gasteiger partial charge is 0.0546 e. The zero-order valence-electron chi connectivity index (χ0n) is 7.37. The van der Waals surface area contributed by atoms with Crippen LogP contribution in [-0.2, 0) is 16.6 Å². The van der Waals surface area contributed by atoms with Crippen molar-refractivity contribution in [1.82, 2.24) is 0 Å². The Morgan fingerprint density at radius 3 is 2.64 bits per heavy atom. The predicted octanol–water partition coefficient (Wildman–Crippen LogP) is 2.23. The Morgan fingerprint density at radius 1 is 1.36 bits per heavy atom. The highest BCUT2D eigenvalue weighted by Crippen LogP contribution is 2.21. The summed E-state index contributed by atoms with van der Waals surface area (Å²) in [6.07, 6.45) is 0. The van der Waals surface area contributed by atoms with Gasteiger partial charge >= 0.3 is 0 Å². The van der Waals surface area contributed by atoms with Gasteiger partial charge < -0.3 is 5.11 Å². The van der Waals surface area contributed by atoms with E-state index in [1.165, 1.54) is 0 Å². The summed E-state index contributed by atoms with van der Waals surface area (Å²) in [7, 11) is -1.07. The van der Waals surface area contributed by atoms with E-state index in [2.05, 4.69) is 0 Å². The van der Waals surface area contributed by atoms with Crippen LogP contribution in [0.25, 0.3) is 0 Å². The van der Waals surface area contributed by atoms with E-state index in [9.17, 15) is 4.21 Å². The molecule has 0 spiro atoms. The SMILES string of the molecule is O=S(CCO)Cc1ccc(Cl)cc1Cl. The van der Waals surface area contributed by atoms with E-state index >= 15 is 0 Å². The number of halogens is 2. The maximum atomic E-state index is 11.3. The molecule has 0 radical (unpaired) electrons. The van der Waals surface area contributed by atoms with Crippen molar-refractivity contribution in [3.8, 4) is 0 Å². The van der Waals surface area contributed by atoms with Crippen molar-refractivity contribution >= 4 is 34.0 Å². The first-order valence-corrected chi connectivity index (χ1v) is 6.27. The first-order chi connectivity index (χ1) is 6.63. The summed E-state index contributed by atoms with van der Waals surface area (Å²) in [6, 6.07) is 5.08. The summed E-state index contributed by atoms with van der Waals surface area (Å²) in [6.45, 7) is -0.0716. The molecule has 1 rings (SSSR count). The molecule has 1 atom stereocenters. The average Bonchev–Trinajstić information content (AvgIpc) is 2.10. The third-order valence-corrected chi connectivity index (χ3v) is 3.51. The number of hydrogen-bond acceptors (Lipinski definition) is 2. The molecule has 0 aliphatic heterocycles. The minimum absolute atomic E-state index is 0.0716. The molecule has 0 heterocycles. The van der Waals surface area contributed by atoms with Gasteiger partial charge in [-0.3, -0.25) is 4.21 Å². The van der Waals surface area contributed by atoms with E-state index in [-0.39, 0.29) is 12.4 Å². The van der Waals surface area contributed by atoms with Crippen LogP contribution in [0, 0.1) is 0 Å². The lowest BCUT2D eigenvalue weighted by molar-refractivity contribution is 0.321. The fourth-order valence-corrected chi connectivity index (χ4v) is 2.49. The zero-order valence-corrected chi connectivity index (χ0v) is 9.70. The molecule has 14 heavy (non-hydrogen) atoms. The molecule has 1 N–H and O–H groups in total. The largest absolute Gasteiger partial charge is 0.395 e. The van der Waals surface area contributed by atoms with Crippen LogP contribution in [0.1, 0.15) is 5.56 Å². The fraction of sp³-hybridized carbons (Fsp3) is 0.333. The van der Waals surface area contributed by atoms with E-state index in [0.29, 0.717) is 15.8 Å². The summed E-state index contributed by atoms with van der Waals surface area (Å²) >= 11 is 11.6. The molecule has 0 fully saturated rings. The second kappa shape index (κ2) is 5.71. The Hall–Kier alpha value is -0.0900. The van der Waals surface area contributed by atoms with Gasteiger partial charge in [0, 0.05) is 26.6 Å². The van der Waals surface area contributed by atoms with Crippen molar-refractivity contribution in [2.45, 2.75) is 5.75 Å². The Kier molecular flexibility index (Phi) is 4.89. The number of rotatable bonds is 4. The number of aliphatic hydroxyl groups excluding tert-OH is 1. The van der Waals surface area contributed by atoms with Gasteiger partial charge in [-0.15, -0.1) is 0 Å². The molecule has 1 aromatic carbocycles. The van der Waals surface area contributed by atoms with Gasteiger partial charge in [-0.05, 0) is 17.7 Å². The lowest BCUT2D eigenvalue weighted by Crippen LogP contribution is -2.04. The van der Waals surface area contributed by atoms with Crippen molar-refractivity contribution in [2.75, 3.05) is 12.4 Å². The van der Waals surface area contributed by atoms with Gasteiger partial charge in [0.2, 0.25) is 0 Å². The van der Waals surface area contributed by atoms with E-state index in [4.69, 9.17) is 28.3 Å². The Bertz CT molecular complexity index is 342. The highest BCUT2D eigenvalue weighted by Gasteiger charge is 2.05. The Labute approximate surface area is 95.3 Å². The third kappa shape index (κ3) is 3.58. The van der Waals surface area contributed by atoms with E-state index in [0.717, 1.165) is 5.56 Å². The Balaban J connectivity index is 2.72. The lowest BCUT2D eigenvalue weighted by atomic mass is 10.2. The quantitative estimate of drug-likeness (QED) is 0.893. The topological polar surface area (TPSA) is 37.3 Å². The van der Waals surface area contributed by atoms with Crippen molar-refractivity contribution in [3.05, 3.63) is 33.8 Å². The van der Waals surface area contributed by atoms with Gasteiger partial charge in [-0.1, -0.05) is 29.3 Å². The van der Waals surface area contributed by atoms with E-state index < -0.39 is 10.8 Å². The van der Waals surface area contributed by atoms with Crippen LogP contribution in [0.2, 0.25) is 10.0 Å². The molecule has 2 nitrogen and oxygen atoms in total. The van der Waals surface area contributed by atoms with Gasteiger partial charge in [0.1, 0.15) is 0 Å². The molecule has 0 bridgehead atoms.